The maximum atomic E-state index is 12.4. The number of amides is 1. The lowest BCUT2D eigenvalue weighted by atomic mass is 10.1. The SMILES string of the molecule is CCCCOCc1cc(C(=O)Nc2ccc(Cl)cc2)ccc1OC. The number of methoxy groups -OCH3 is 1. The second kappa shape index (κ2) is 9.30. The Kier molecular flexibility index (Phi) is 7.09. The molecule has 0 saturated heterocycles. The van der Waals surface area contributed by atoms with Crippen LogP contribution in [0.25, 0.3) is 0 Å². The first-order valence-electron chi connectivity index (χ1n) is 7.95. The average molecular weight is 348 g/mol. The fourth-order valence-corrected chi connectivity index (χ4v) is 2.32. The van der Waals surface area contributed by atoms with Crippen molar-refractivity contribution >= 4 is 23.2 Å². The summed E-state index contributed by atoms with van der Waals surface area (Å²) in [7, 11) is 1.61. The third kappa shape index (κ3) is 5.25. The fourth-order valence-electron chi connectivity index (χ4n) is 2.20. The number of nitrogens with one attached hydrogen (secondary N) is 1. The Bertz CT molecular complexity index is 671. The van der Waals surface area contributed by atoms with E-state index in [1.165, 1.54) is 0 Å². The van der Waals surface area contributed by atoms with E-state index in [1.807, 2.05) is 0 Å². The zero-order chi connectivity index (χ0) is 17.4. The van der Waals surface area contributed by atoms with Crippen molar-refractivity contribution in [2.45, 2.75) is 26.4 Å². The number of halogens is 1. The second-order valence-electron chi connectivity index (χ2n) is 5.39. The van der Waals surface area contributed by atoms with E-state index in [0.717, 1.165) is 24.2 Å². The van der Waals surface area contributed by atoms with Gasteiger partial charge in [-0.15, -0.1) is 0 Å². The van der Waals surface area contributed by atoms with Gasteiger partial charge in [-0.3, -0.25) is 4.79 Å². The molecule has 4 nitrogen and oxygen atoms in total. The van der Waals surface area contributed by atoms with Crippen LogP contribution in [0.15, 0.2) is 42.5 Å². The zero-order valence-corrected chi connectivity index (χ0v) is 14.7. The normalized spacial score (nSPS) is 10.5. The van der Waals surface area contributed by atoms with Crippen LogP contribution in [0.4, 0.5) is 5.69 Å². The quantitative estimate of drug-likeness (QED) is 0.689. The van der Waals surface area contributed by atoms with Crippen molar-refractivity contribution in [3.05, 3.63) is 58.6 Å². The molecule has 1 N–H and O–H groups in total. The van der Waals surface area contributed by atoms with Crippen molar-refractivity contribution in [3.8, 4) is 5.75 Å². The van der Waals surface area contributed by atoms with Gasteiger partial charge in [0.2, 0.25) is 0 Å². The Morgan fingerprint density at radius 2 is 1.92 bits per heavy atom. The summed E-state index contributed by atoms with van der Waals surface area (Å²) in [5, 5.41) is 3.48. The highest BCUT2D eigenvalue weighted by molar-refractivity contribution is 6.30. The first-order chi connectivity index (χ1) is 11.6. The molecule has 0 fully saturated rings. The topological polar surface area (TPSA) is 47.6 Å². The van der Waals surface area contributed by atoms with Crippen LogP contribution in [0.3, 0.4) is 0 Å². The maximum absolute atomic E-state index is 12.4. The number of unbranched alkanes of at least 4 members (excludes halogenated alkanes) is 1. The molecule has 0 spiro atoms. The van der Waals surface area contributed by atoms with Crippen LogP contribution < -0.4 is 10.1 Å². The van der Waals surface area contributed by atoms with Gasteiger partial charge in [-0.05, 0) is 48.9 Å². The number of ether oxygens (including phenoxy) is 2. The molecule has 0 heterocycles. The summed E-state index contributed by atoms with van der Waals surface area (Å²) < 4.78 is 11.0. The first kappa shape index (κ1) is 18.3. The molecular formula is C19H22ClNO3. The van der Waals surface area contributed by atoms with Gasteiger partial charge in [-0.2, -0.15) is 0 Å². The van der Waals surface area contributed by atoms with Crippen molar-refractivity contribution in [2.24, 2.45) is 0 Å². The molecule has 24 heavy (non-hydrogen) atoms. The molecule has 0 radical (unpaired) electrons. The van der Waals surface area contributed by atoms with Crippen LogP contribution >= 0.6 is 11.6 Å². The van der Waals surface area contributed by atoms with E-state index < -0.39 is 0 Å². The van der Waals surface area contributed by atoms with Crippen LogP contribution in [-0.4, -0.2) is 19.6 Å². The first-order valence-corrected chi connectivity index (χ1v) is 8.33. The highest BCUT2D eigenvalue weighted by Gasteiger charge is 2.11. The van der Waals surface area contributed by atoms with E-state index >= 15 is 0 Å². The minimum Gasteiger partial charge on any atom is -0.496 e. The summed E-state index contributed by atoms with van der Waals surface area (Å²) in [6, 6.07) is 12.3. The molecule has 0 aliphatic rings. The minimum absolute atomic E-state index is 0.185. The van der Waals surface area contributed by atoms with Gasteiger partial charge in [0.15, 0.2) is 0 Å². The molecule has 5 heteroatoms. The third-order valence-corrected chi connectivity index (χ3v) is 3.80. The van der Waals surface area contributed by atoms with Crippen LogP contribution in [0.2, 0.25) is 5.02 Å². The monoisotopic (exact) mass is 347 g/mol. The lowest BCUT2D eigenvalue weighted by Gasteiger charge is -2.12. The van der Waals surface area contributed by atoms with E-state index in [2.05, 4.69) is 12.2 Å². The largest absolute Gasteiger partial charge is 0.496 e. The third-order valence-electron chi connectivity index (χ3n) is 3.54. The lowest BCUT2D eigenvalue weighted by molar-refractivity contribution is 0.102. The smallest absolute Gasteiger partial charge is 0.255 e. The summed E-state index contributed by atoms with van der Waals surface area (Å²) in [5.74, 6) is 0.532. The summed E-state index contributed by atoms with van der Waals surface area (Å²) in [4.78, 5) is 12.4. The predicted octanol–water partition coefficient (Wildman–Crippen LogP) is 4.92. The van der Waals surface area contributed by atoms with Crippen molar-refractivity contribution in [1.29, 1.82) is 0 Å². The second-order valence-corrected chi connectivity index (χ2v) is 5.83. The molecule has 1 amide bonds. The Morgan fingerprint density at radius 1 is 1.17 bits per heavy atom. The van der Waals surface area contributed by atoms with Crippen molar-refractivity contribution in [2.75, 3.05) is 19.0 Å². The zero-order valence-electron chi connectivity index (χ0n) is 14.0. The van der Waals surface area contributed by atoms with E-state index in [9.17, 15) is 4.79 Å². The van der Waals surface area contributed by atoms with Crippen LogP contribution in [0.5, 0.6) is 5.75 Å². The van der Waals surface area contributed by atoms with E-state index in [1.54, 1.807) is 49.6 Å². The summed E-state index contributed by atoms with van der Waals surface area (Å²) in [6.07, 6.45) is 2.10. The van der Waals surface area contributed by atoms with Gasteiger partial charge in [0.25, 0.3) is 5.91 Å². The maximum Gasteiger partial charge on any atom is 0.255 e. The number of benzene rings is 2. The number of hydrogen-bond acceptors (Lipinski definition) is 3. The Hall–Kier alpha value is -2.04. The number of anilines is 1. The number of rotatable bonds is 8. The van der Waals surface area contributed by atoms with Gasteiger partial charge in [-0.25, -0.2) is 0 Å². The van der Waals surface area contributed by atoms with Crippen molar-refractivity contribution < 1.29 is 14.3 Å². The van der Waals surface area contributed by atoms with Gasteiger partial charge in [0, 0.05) is 28.4 Å². The number of carbonyl (C=O) groups is 1. The van der Waals surface area contributed by atoms with E-state index in [0.29, 0.717) is 29.5 Å². The molecule has 0 aromatic heterocycles. The van der Waals surface area contributed by atoms with Crippen molar-refractivity contribution in [1.82, 2.24) is 0 Å². The average Bonchev–Trinajstić information content (AvgIpc) is 2.60. The van der Waals surface area contributed by atoms with E-state index in [-0.39, 0.29) is 5.91 Å². The molecule has 0 bridgehead atoms. The van der Waals surface area contributed by atoms with Gasteiger partial charge in [0.05, 0.1) is 13.7 Å². The van der Waals surface area contributed by atoms with Gasteiger partial charge >= 0.3 is 0 Å². The number of carbonyl (C=O) groups excluding carboxylic acids is 1. The molecule has 0 unspecified atom stereocenters. The van der Waals surface area contributed by atoms with E-state index in [4.69, 9.17) is 21.1 Å². The minimum atomic E-state index is -0.185. The Balaban J connectivity index is 2.08. The van der Waals surface area contributed by atoms with Crippen LogP contribution in [-0.2, 0) is 11.3 Å². The molecule has 2 rings (SSSR count). The standard InChI is InChI=1S/C19H22ClNO3/c1-3-4-11-24-13-15-12-14(5-10-18(15)23-2)19(22)21-17-8-6-16(20)7-9-17/h5-10,12H,3-4,11,13H2,1-2H3,(H,21,22). The summed E-state index contributed by atoms with van der Waals surface area (Å²) in [6.45, 7) is 3.23. The van der Waals surface area contributed by atoms with Crippen LogP contribution in [0, 0.1) is 0 Å². The molecule has 128 valence electrons. The fraction of sp³-hybridized carbons (Fsp3) is 0.316. The molecule has 2 aromatic carbocycles. The van der Waals surface area contributed by atoms with Gasteiger partial charge < -0.3 is 14.8 Å². The molecule has 0 aliphatic carbocycles. The predicted molar refractivity (Wildman–Crippen MR) is 97.0 cm³/mol. The Morgan fingerprint density at radius 3 is 2.58 bits per heavy atom. The van der Waals surface area contributed by atoms with Gasteiger partial charge in [0.1, 0.15) is 5.75 Å². The number of hydrogen-bond donors (Lipinski definition) is 1. The highest BCUT2D eigenvalue weighted by atomic mass is 35.5. The summed E-state index contributed by atoms with van der Waals surface area (Å²) >= 11 is 5.85. The van der Waals surface area contributed by atoms with Gasteiger partial charge in [-0.1, -0.05) is 24.9 Å². The molecule has 0 atom stereocenters. The van der Waals surface area contributed by atoms with Crippen molar-refractivity contribution in [3.63, 3.8) is 0 Å². The Labute approximate surface area is 147 Å². The molecular weight excluding hydrogens is 326 g/mol. The van der Waals surface area contributed by atoms with Crippen LogP contribution in [0.1, 0.15) is 35.7 Å². The molecule has 2 aromatic rings. The molecule has 0 saturated carbocycles. The lowest BCUT2D eigenvalue weighted by Crippen LogP contribution is -2.12. The molecule has 0 aliphatic heterocycles. The highest BCUT2D eigenvalue weighted by Crippen LogP contribution is 2.22. The summed E-state index contributed by atoms with van der Waals surface area (Å²) in [5.41, 5.74) is 2.11.